The maximum atomic E-state index is 5.93. The monoisotopic (exact) mass is 476 g/mol. The van der Waals surface area contributed by atoms with E-state index in [-0.39, 0.29) is 30.1 Å². The van der Waals surface area contributed by atoms with Crippen molar-refractivity contribution in [3.05, 3.63) is 29.3 Å². The van der Waals surface area contributed by atoms with Crippen LogP contribution < -0.4 is 15.4 Å². The van der Waals surface area contributed by atoms with Crippen molar-refractivity contribution in [2.45, 2.75) is 33.4 Å². The van der Waals surface area contributed by atoms with E-state index in [9.17, 15) is 0 Å². The van der Waals surface area contributed by atoms with Crippen molar-refractivity contribution >= 4 is 29.9 Å². The third kappa shape index (κ3) is 8.09. The minimum Gasteiger partial charge on any atom is -0.491 e. The van der Waals surface area contributed by atoms with Crippen LogP contribution >= 0.6 is 24.0 Å². The van der Waals surface area contributed by atoms with Gasteiger partial charge in [-0.15, -0.1) is 24.0 Å². The van der Waals surface area contributed by atoms with Crippen LogP contribution in [0.15, 0.2) is 23.2 Å². The number of rotatable bonds is 7. The van der Waals surface area contributed by atoms with Crippen LogP contribution in [-0.2, 0) is 11.3 Å². The molecule has 0 spiro atoms. The number of nitrogens with zero attached hydrogens (tertiary/aromatic N) is 2. The van der Waals surface area contributed by atoms with Gasteiger partial charge in [-0.2, -0.15) is 0 Å². The molecule has 0 radical (unpaired) electrons. The Labute approximate surface area is 174 Å². The number of morpholine rings is 1. The molecule has 7 heteroatoms. The summed E-state index contributed by atoms with van der Waals surface area (Å²) in [4.78, 5) is 6.71. The number of nitrogens with one attached hydrogen (secondary N) is 2. The molecule has 1 aliphatic heterocycles. The number of hydrogen-bond acceptors (Lipinski definition) is 4. The van der Waals surface area contributed by atoms with Crippen molar-refractivity contribution in [1.82, 2.24) is 15.5 Å². The van der Waals surface area contributed by atoms with Gasteiger partial charge >= 0.3 is 0 Å². The van der Waals surface area contributed by atoms with Gasteiger partial charge < -0.3 is 20.1 Å². The van der Waals surface area contributed by atoms with Gasteiger partial charge in [0.2, 0.25) is 0 Å². The molecular weight excluding hydrogens is 443 g/mol. The number of aryl methyl sites for hydroxylation is 1. The van der Waals surface area contributed by atoms with E-state index in [0.29, 0.717) is 6.54 Å². The second kappa shape index (κ2) is 12.3. The Hall–Kier alpha value is -1.06. The summed E-state index contributed by atoms with van der Waals surface area (Å²) in [6.07, 6.45) is 0.159. The lowest BCUT2D eigenvalue weighted by molar-refractivity contribution is 0.0389. The molecule has 0 unspecified atom stereocenters. The molecule has 0 bridgehead atoms. The number of aliphatic imine (C=N–C) groups is 1. The van der Waals surface area contributed by atoms with E-state index in [1.54, 1.807) is 7.05 Å². The largest absolute Gasteiger partial charge is 0.491 e. The quantitative estimate of drug-likeness (QED) is 0.360. The lowest BCUT2D eigenvalue weighted by Crippen LogP contribution is -2.44. The van der Waals surface area contributed by atoms with Crippen molar-refractivity contribution < 1.29 is 9.47 Å². The molecule has 2 N–H and O–H groups in total. The summed E-state index contributed by atoms with van der Waals surface area (Å²) in [6, 6.07) is 6.31. The summed E-state index contributed by atoms with van der Waals surface area (Å²) in [5.74, 6) is 1.75. The van der Waals surface area contributed by atoms with E-state index in [4.69, 9.17) is 9.47 Å². The van der Waals surface area contributed by atoms with Gasteiger partial charge in [0, 0.05) is 45.3 Å². The number of guanidine groups is 1. The Morgan fingerprint density at radius 1 is 1.27 bits per heavy atom. The molecule has 1 heterocycles. The summed E-state index contributed by atoms with van der Waals surface area (Å²) in [6.45, 7) is 12.4. The number of halogens is 1. The molecule has 1 saturated heterocycles. The van der Waals surface area contributed by atoms with E-state index in [1.807, 2.05) is 13.8 Å². The molecule has 1 aromatic rings. The van der Waals surface area contributed by atoms with Gasteiger partial charge in [0.1, 0.15) is 5.75 Å². The summed E-state index contributed by atoms with van der Waals surface area (Å²) >= 11 is 0. The molecule has 6 nitrogen and oxygen atoms in total. The van der Waals surface area contributed by atoms with Crippen LogP contribution in [-0.4, -0.2) is 63.4 Å². The van der Waals surface area contributed by atoms with Crippen molar-refractivity contribution in [1.29, 1.82) is 0 Å². The average Bonchev–Trinajstić information content (AvgIpc) is 2.59. The maximum absolute atomic E-state index is 5.93. The molecule has 1 aliphatic rings. The van der Waals surface area contributed by atoms with Crippen LogP contribution in [0.4, 0.5) is 0 Å². The number of benzene rings is 1. The highest BCUT2D eigenvalue weighted by atomic mass is 127. The Balaban J connectivity index is 0.00000338. The molecule has 1 aromatic carbocycles. The third-order valence-electron chi connectivity index (χ3n) is 4.08. The molecule has 26 heavy (non-hydrogen) atoms. The molecule has 0 aliphatic carbocycles. The maximum Gasteiger partial charge on any atom is 0.191 e. The SMILES string of the molecule is CN=C(NCCN1CCOCC1)NCc1ccc(C)cc1OC(C)C.I. The van der Waals surface area contributed by atoms with E-state index in [1.165, 1.54) is 5.56 Å². The fourth-order valence-corrected chi connectivity index (χ4v) is 2.73. The van der Waals surface area contributed by atoms with Gasteiger partial charge in [-0.25, -0.2) is 0 Å². The molecule has 0 aromatic heterocycles. The van der Waals surface area contributed by atoms with Crippen molar-refractivity contribution in [2.24, 2.45) is 4.99 Å². The topological polar surface area (TPSA) is 58.1 Å². The summed E-state index contributed by atoms with van der Waals surface area (Å²) in [5.41, 5.74) is 2.34. The van der Waals surface area contributed by atoms with E-state index < -0.39 is 0 Å². The predicted octanol–water partition coefficient (Wildman–Crippen LogP) is 2.40. The zero-order valence-electron chi connectivity index (χ0n) is 16.4. The van der Waals surface area contributed by atoms with Crippen molar-refractivity contribution in [3.8, 4) is 5.75 Å². The van der Waals surface area contributed by atoms with Gasteiger partial charge in [0.15, 0.2) is 5.96 Å². The number of ether oxygens (including phenoxy) is 2. The first-order valence-electron chi connectivity index (χ1n) is 9.09. The molecule has 2 rings (SSSR count). The van der Waals surface area contributed by atoms with Crippen molar-refractivity contribution in [2.75, 3.05) is 46.4 Å². The summed E-state index contributed by atoms with van der Waals surface area (Å²) in [7, 11) is 1.80. The summed E-state index contributed by atoms with van der Waals surface area (Å²) in [5, 5.41) is 6.75. The minimum absolute atomic E-state index is 0. The smallest absolute Gasteiger partial charge is 0.191 e. The van der Waals surface area contributed by atoms with E-state index in [0.717, 1.165) is 56.7 Å². The Morgan fingerprint density at radius 3 is 2.65 bits per heavy atom. The minimum atomic E-state index is 0. The zero-order valence-corrected chi connectivity index (χ0v) is 18.7. The average molecular weight is 476 g/mol. The predicted molar refractivity (Wildman–Crippen MR) is 118 cm³/mol. The first-order chi connectivity index (χ1) is 12.1. The zero-order chi connectivity index (χ0) is 18.1. The Morgan fingerprint density at radius 2 is 2.00 bits per heavy atom. The lowest BCUT2D eigenvalue weighted by atomic mass is 10.1. The van der Waals surface area contributed by atoms with E-state index >= 15 is 0 Å². The van der Waals surface area contributed by atoms with Gasteiger partial charge in [0.05, 0.1) is 19.3 Å². The Kier molecular flexibility index (Phi) is 10.9. The van der Waals surface area contributed by atoms with Crippen LogP contribution in [0.1, 0.15) is 25.0 Å². The second-order valence-corrected chi connectivity index (χ2v) is 6.58. The highest BCUT2D eigenvalue weighted by Crippen LogP contribution is 2.21. The normalized spacial score (nSPS) is 15.5. The van der Waals surface area contributed by atoms with Crippen LogP contribution in [0.2, 0.25) is 0 Å². The van der Waals surface area contributed by atoms with Gasteiger partial charge in [-0.3, -0.25) is 9.89 Å². The van der Waals surface area contributed by atoms with Crippen LogP contribution in [0.5, 0.6) is 5.75 Å². The van der Waals surface area contributed by atoms with E-state index in [2.05, 4.69) is 45.6 Å². The second-order valence-electron chi connectivity index (χ2n) is 6.58. The highest BCUT2D eigenvalue weighted by molar-refractivity contribution is 14.0. The van der Waals surface area contributed by atoms with Crippen LogP contribution in [0, 0.1) is 6.92 Å². The first kappa shape index (κ1) is 23.0. The molecule has 148 valence electrons. The van der Waals surface area contributed by atoms with Crippen molar-refractivity contribution in [3.63, 3.8) is 0 Å². The standard InChI is InChI=1S/C19H32N4O2.HI/c1-15(2)25-18-13-16(3)5-6-17(18)14-22-19(20-4)21-7-8-23-9-11-24-12-10-23;/h5-6,13,15H,7-12,14H2,1-4H3,(H2,20,21,22);1H. The van der Waals surface area contributed by atoms with Gasteiger partial charge in [0.25, 0.3) is 0 Å². The number of hydrogen-bond donors (Lipinski definition) is 2. The molecule has 0 atom stereocenters. The molecule has 0 amide bonds. The lowest BCUT2D eigenvalue weighted by Gasteiger charge is -2.26. The van der Waals surface area contributed by atoms with Gasteiger partial charge in [-0.05, 0) is 32.4 Å². The molecular formula is C19H33IN4O2. The fraction of sp³-hybridized carbons (Fsp3) is 0.632. The Bertz CT molecular complexity index is 560. The molecule has 1 fully saturated rings. The van der Waals surface area contributed by atoms with Crippen LogP contribution in [0.25, 0.3) is 0 Å². The van der Waals surface area contributed by atoms with Crippen LogP contribution in [0.3, 0.4) is 0 Å². The third-order valence-corrected chi connectivity index (χ3v) is 4.08. The first-order valence-corrected chi connectivity index (χ1v) is 9.09. The summed E-state index contributed by atoms with van der Waals surface area (Å²) < 4.78 is 11.3. The fourth-order valence-electron chi connectivity index (χ4n) is 2.73. The van der Waals surface area contributed by atoms with Gasteiger partial charge in [-0.1, -0.05) is 12.1 Å². The highest BCUT2D eigenvalue weighted by Gasteiger charge is 2.10. The molecule has 0 saturated carbocycles.